The zero-order chi connectivity index (χ0) is 17.0. The molecule has 0 unspecified atom stereocenters. The molecule has 2 amide bonds. The van der Waals surface area contributed by atoms with Gasteiger partial charge in [-0.15, -0.1) is 0 Å². The van der Waals surface area contributed by atoms with Gasteiger partial charge in [-0.25, -0.2) is 0 Å². The minimum Gasteiger partial charge on any atom is -0.354 e. The van der Waals surface area contributed by atoms with Crippen LogP contribution >= 0.6 is 11.6 Å². The van der Waals surface area contributed by atoms with Gasteiger partial charge in [0.2, 0.25) is 5.91 Å². The van der Waals surface area contributed by atoms with Gasteiger partial charge < -0.3 is 10.6 Å². The van der Waals surface area contributed by atoms with Crippen LogP contribution in [-0.4, -0.2) is 24.9 Å². The van der Waals surface area contributed by atoms with E-state index in [1.165, 1.54) is 0 Å². The molecule has 0 bridgehead atoms. The van der Waals surface area contributed by atoms with Crippen LogP contribution in [0.15, 0.2) is 54.6 Å². The van der Waals surface area contributed by atoms with Crippen LogP contribution < -0.4 is 10.6 Å². The molecule has 3 rings (SSSR count). The first-order valence-electron chi connectivity index (χ1n) is 7.99. The van der Waals surface area contributed by atoms with Crippen LogP contribution in [0.25, 0.3) is 0 Å². The Hall–Kier alpha value is -2.33. The van der Waals surface area contributed by atoms with Crippen LogP contribution in [0.4, 0.5) is 0 Å². The predicted octanol–water partition coefficient (Wildman–Crippen LogP) is 2.92. The molecule has 0 atom stereocenters. The highest BCUT2D eigenvalue weighted by atomic mass is 35.5. The van der Waals surface area contributed by atoms with Gasteiger partial charge in [0.15, 0.2) is 0 Å². The van der Waals surface area contributed by atoms with Gasteiger partial charge in [0, 0.05) is 23.7 Å². The number of amides is 2. The molecule has 0 spiro atoms. The number of nitrogens with one attached hydrogen (secondary N) is 2. The summed E-state index contributed by atoms with van der Waals surface area (Å²) in [6, 6.07) is 16.5. The second kappa shape index (κ2) is 7.05. The van der Waals surface area contributed by atoms with Crippen LogP contribution in [-0.2, 0) is 10.2 Å². The van der Waals surface area contributed by atoms with Crippen molar-refractivity contribution in [1.29, 1.82) is 0 Å². The number of halogens is 1. The molecule has 4 nitrogen and oxygen atoms in total. The lowest BCUT2D eigenvalue weighted by Gasteiger charge is -2.16. The molecule has 2 aromatic carbocycles. The molecule has 124 valence electrons. The number of hydrogen-bond donors (Lipinski definition) is 2. The van der Waals surface area contributed by atoms with E-state index in [2.05, 4.69) is 10.6 Å². The molecular weight excluding hydrogens is 324 g/mol. The average Bonchev–Trinajstić information content (AvgIpc) is 3.42. The first kappa shape index (κ1) is 16.5. The molecule has 1 fully saturated rings. The van der Waals surface area contributed by atoms with E-state index in [9.17, 15) is 9.59 Å². The molecule has 0 aliphatic heterocycles. The SMILES string of the molecule is O=C(NCCNC(=O)C1(c2ccccc2)CC1)c1ccc(Cl)cc1. The largest absolute Gasteiger partial charge is 0.354 e. The standard InChI is InChI=1S/C19H19ClN2O2/c20-16-8-6-14(7-9-16)17(23)21-12-13-22-18(24)19(10-11-19)15-4-2-1-3-5-15/h1-9H,10-13H2,(H,21,23)(H,22,24). The third kappa shape index (κ3) is 3.60. The highest BCUT2D eigenvalue weighted by Gasteiger charge is 2.50. The van der Waals surface area contributed by atoms with Crippen LogP contribution in [0.2, 0.25) is 5.02 Å². The van der Waals surface area contributed by atoms with Crippen molar-refractivity contribution >= 4 is 23.4 Å². The van der Waals surface area contributed by atoms with Crippen LogP contribution in [0.3, 0.4) is 0 Å². The number of carbonyl (C=O) groups is 2. The third-order valence-electron chi connectivity index (χ3n) is 4.31. The van der Waals surface area contributed by atoms with Gasteiger partial charge in [-0.1, -0.05) is 41.9 Å². The summed E-state index contributed by atoms with van der Waals surface area (Å²) in [7, 11) is 0. The van der Waals surface area contributed by atoms with Gasteiger partial charge in [-0.2, -0.15) is 0 Å². The molecule has 1 saturated carbocycles. The van der Waals surface area contributed by atoms with E-state index in [1.807, 2.05) is 30.3 Å². The Kier molecular flexibility index (Phi) is 4.86. The summed E-state index contributed by atoms with van der Waals surface area (Å²) >= 11 is 5.80. The molecule has 5 heteroatoms. The van der Waals surface area contributed by atoms with Crippen molar-refractivity contribution < 1.29 is 9.59 Å². The number of benzene rings is 2. The van der Waals surface area contributed by atoms with Gasteiger partial charge in [0.1, 0.15) is 0 Å². The fourth-order valence-corrected chi connectivity index (χ4v) is 2.88. The molecular formula is C19H19ClN2O2. The Labute approximate surface area is 146 Å². The maximum atomic E-state index is 12.4. The van der Waals surface area contributed by atoms with E-state index in [0.717, 1.165) is 18.4 Å². The molecule has 1 aliphatic carbocycles. The van der Waals surface area contributed by atoms with Gasteiger partial charge >= 0.3 is 0 Å². The number of rotatable bonds is 6. The van der Waals surface area contributed by atoms with Crippen molar-refractivity contribution in [3.05, 3.63) is 70.7 Å². The van der Waals surface area contributed by atoms with E-state index in [0.29, 0.717) is 23.7 Å². The van der Waals surface area contributed by atoms with E-state index in [4.69, 9.17) is 11.6 Å². The van der Waals surface area contributed by atoms with Gasteiger partial charge in [-0.05, 0) is 42.7 Å². The molecule has 1 aliphatic rings. The Morgan fingerprint density at radius 3 is 2.17 bits per heavy atom. The molecule has 0 saturated heterocycles. The van der Waals surface area contributed by atoms with Crippen molar-refractivity contribution in [1.82, 2.24) is 10.6 Å². The smallest absolute Gasteiger partial charge is 0.251 e. The molecule has 0 heterocycles. The maximum absolute atomic E-state index is 12.4. The Morgan fingerprint density at radius 2 is 1.54 bits per heavy atom. The van der Waals surface area contributed by atoms with Gasteiger partial charge in [0.05, 0.1) is 5.41 Å². The monoisotopic (exact) mass is 342 g/mol. The second-order valence-electron chi connectivity index (χ2n) is 5.97. The zero-order valence-corrected chi connectivity index (χ0v) is 14.0. The first-order chi connectivity index (χ1) is 11.6. The van der Waals surface area contributed by atoms with Crippen molar-refractivity contribution in [2.24, 2.45) is 0 Å². The normalized spacial score (nSPS) is 14.7. The van der Waals surface area contributed by atoms with E-state index >= 15 is 0 Å². The molecule has 0 radical (unpaired) electrons. The van der Waals surface area contributed by atoms with Crippen molar-refractivity contribution in [3.63, 3.8) is 0 Å². The number of hydrogen-bond acceptors (Lipinski definition) is 2. The third-order valence-corrected chi connectivity index (χ3v) is 4.57. The summed E-state index contributed by atoms with van der Waals surface area (Å²) in [5, 5.41) is 6.31. The fourth-order valence-electron chi connectivity index (χ4n) is 2.75. The highest BCUT2D eigenvalue weighted by Crippen LogP contribution is 2.48. The van der Waals surface area contributed by atoms with E-state index in [1.54, 1.807) is 24.3 Å². The Bertz CT molecular complexity index is 725. The van der Waals surface area contributed by atoms with Crippen LogP contribution in [0, 0.1) is 0 Å². The van der Waals surface area contributed by atoms with Gasteiger partial charge in [0.25, 0.3) is 5.91 Å². The summed E-state index contributed by atoms with van der Waals surface area (Å²) in [6.07, 6.45) is 1.75. The van der Waals surface area contributed by atoms with Crippen LogP contribution in [0.5, 0.6) is 0 Å². The zero-order valence-electron chi connectivity index (χ0n) is 13.2. The summed E-state index contributed by atoms with van der Waals surface area (Å²) in [4.78, 5) is 24.4. The summed E-state index contributed by atoms with van der Waals surface area (Å²) in [5.74, 6) is -0.139. The lowest BCUT2D eigenvalue weighted by molar-refractivity contribution is -0.123. The first-order valence-corrected chi connectivity index (χ1v) is 8.37. The molecule has 2 N–H and O–H groups in total. The predicted molar refractivity (Wildman–Crippen MR) is 94.1 cm³/mol. The van der Waals surface area contributed by atoms with E-state index in [-0.39, 0.29) is 17.2 Å². The second-order valence-corrected chi connectivity index (χ2v) is 6.40. The lowest BCUT2D eigenvalue weighted by Crippen LogP contribution is -2.39. The molecule has 0 aromatic heterocycles. The Balaban J connectivity index is 1.46. The number of carbonyl (C=O) groups excluding carboxylic acids is 2. The summed E-state index contributed by atoms with van der Waals surface area (Å²) < 4.78 is 0. The topological polar surface area (TPSA) is 58.2 Å². The summed E-state index contributed by atoms with van der Waals surface area (Å²) in [5.41, 5.74) is 1.24. The molecule has 24 heavy (non-hydrogen) atoms. The quantitative estimate of drug-likeness (QED) is 0.793. The van der Waals surface area contributed by atoms with E-state index < -0.39 is 0 Å². The lowest BCUT2D eigenvalue weighted by atomic mass is 9.95. The average molecular weight is 343 g/mol. The Morgan fingerprint density at radius 1 is 0.917 bits per heavy atom. The van der Waals surface area contributed by atoms with Crippen molar-refractivity contribution in [2.45, 2.75) is 18.3 Å². The maximum Gasteiger partial charge on any atom is 0.251 e. The minimum absolute atomic E-state index is 0.0365. The van der Waals surface area contributed by atoms with Gasteiger partial charge in [-0.3, -0.25) is 9.59 Å². The minimum atomic E-state index is -0.374. The summed E-state index contributed by atoms with van der Waals surface area (Å²) in [6.45, 7) is 0.796. The molecule has 2 aromatic rings. The van der Waals surface area contributed by atoms with Crippen LogP contribution in [0.1, 0.15) is 28.8 Å². The van der Waals surface area contributed by atoms with Crippen molar-refractivity contribution in [2.75, 3.05) is 13.1 Å². The highest BCUT2D eigenvalue weighted by molar-refractivity contribution is 6.30. The van der Waals surface area contributed by atoms with Crippen molar-refractivity contribution in [3.8, 4) is 0 Å². The fraction of sp³-hybridized carbons (Fsp3) is 0.263.